The van der Waals surface area contributed by atoms with Crippen molar-refractivity contribution in [1.82, 2.24) is 10.2 Å². The van der Waals surface area contributed by atoms with Crippen LogP contribution in [0.4, 0.5) is 4.39 Å². The SMILES string of the molecule is O=C(O)c1cc(F)ccc1-c1n[nH]c(=S)s1. The van der Waals surface area contributed by atoms with Gasteiger partial charge in [-0.3, -0.25) is 5.10 Å². The molecule has 82 valence electrons. The van der Waals surface area contributed by atoms with Gasteiger partial charge in [-0.05, 0) is 30.4 Å². The minimum atomic E-state index is -1.20. The average molecular weight is 256 g/mol. The van der Waals surface area contributed by atoms with E-state index in [0.29, 0.717) is 14.5 Å². The van der Waals surface area contributed by atoms with Gasteiger partial charge in [0.2, 0.25) is 0 Å². The molecule has 1 heterocycles. The quantitative estimate of drug-likeness (QED) is 0.811. The van der Waals surface area contributed by atoms with Crippen LogP contribution in [-0.2, 0) is 0 Å². The Labute approximate surface area is 98.4 Å². The van der Waals surface area contributed by atoms with Gasteiger partial charge in [0.05, 0.1) is 5.56 Å². The zero-order valence-corrected chi connectivity index (χ0v) is 9.36. The summed E-state index contributed by atoms with van der Waals surface area (Å²) in [6.07, 6.45) is 0. The van der Waals surface area contributed by atoms with Crippen molar-refractivity contribution in [3.05, 3.63) is 33.5 Å². The highest BCUT2D eigenvalue weighted by Gasteiger charge is 2.15. The molecule has 0 aliphatic carbocycles. The summed E-state index contributed by atoms with van der Waals surface area (Å²) in [5.74, 6) is -1.80. The summed E-state index contributed by atoms with van der Waals surface area (Å²) in [5.41, 5.74) is 0.226. The van der Waals surface area contributed by atoms with E-state index in [0.717, 1.165) is 17.4 Å². The van der Waals surface area contributed by atoms with Crippen LogP contribution >= 0.6 is 23.6 Å². The van der Waals surface area contributed by atoms with Crippen molar-refractivity contribution in [2.45, 2.75) is 0 Å². The van der Waals surface area contributed by atoms with Gasteiger partial charge in [-0.2, -0.15) is 5.10 Å². The third-order valence-corrected chi connectivity index (χ3v) is 3.00. The molecule has 0 spiro atoms. The maximum Gasteiger partial charge on any atom is 0.336 e. The van der Waals surface area contributed by atoms with Crippen molar-refractivity contribution in [3.63, 3.8) is 0 Å². The Balaban J connectivity index is 2.64. The monoisotopic (exact) mass is 256 g/mol. The predicted molar refractivity (Wildman–Crippen MR) is 59.7 cm³/mol. The summed E-state index contributed by atoms with van der Waals surface area (Å²) in [7, 11) is 0. The highest BCUT2D eigenvalue weighted by atomic mass is 32.1. The number of nitrogens with zero attached hydrogens (tertiary/aromatic N) is 1. The van der Waals surface area contributed by atoms with Crippen LogP contribution in [0.1, 0.15) is 10.4 Å². The van der Waals surface area contributed by atoms with Gasteiger partial charge in [-0.1, -0.05) is 11.3 Å². The molecular formula is C9H5FN2O2S2. The van der Waals surface area contributed by atoms with Crippen LogP contribution in [0.25, 0.3) is 10.6 Å². The summed E-state index contributed by atoms with van der Waals surface area (Å²) in [6, 6.07) is 3.52. The number of halogens is 1. The van der Waals surface area contributed by atoms with Gasteiger partial charge in [0.15, 0.2) is 3.95 Å². The number of hydrogen-bond acceptors (Lipinski definition) is 4. The lowest BCUT2D eigenvalue weighted by Gasteiger charge is -2.01. The van der Waals surface area contributed by atoms with Gasteiger partial charge in [-0.25, -0.2) is 9.18 Å². The van der Waals surface area contributed by atoms with E-state index in [4.69, 9.17) is 17.3 Å². The fourth-order valence-electron chi connectivity index (χ4n) is 1.22. The third kappa shape index (κ3) is 2.00. The van der Waals surface area contributed by atoms with Crippen LogP contribution in [-0.4, -0.2) is 21.3 Å². The number of aromatic nitrogens is 2. The largest absolute Gasteiger partial charge is 0.478 e. The number of carboxylic acid groups (broad SMARTS) is 1. The second-order valence-electron chi connectivity index (χ2n) is 2.91. The molecule has 16 heavy (non-hydrogen) atoms. The highest BCUT2D eigenvalue weighted by molar-refractivity contribution is 7.73. The van der Waals surface area contributed by atoms with Crippen molar-refractivity contribution in [3.8, 4) is 10.6 Å². The molecule has 1 aromatic carbocycles. The van der Waals surface area contributed by atoms with E-state index < -0.39 is 11.8 Å². The number of H-pyrrole nitrogens is 1. The predicted octanol–water partition coefficient (Wildman–Crippen LogP) is 2.70. The Bertz CT molecular complexity index is 606. The van der Waals surface area contributed by atoms with E-state index in [1.165, 1.54) is 12.1 Å². The fraction of sp³-hybridized carbons (Fsp3) is 0. The minimum absolute atomic E-state index is 0.127. The molecule has 1 aromatic heterocycles. The standard InChI is InChI=1S/C9H5FN2O2S2/c10-4-1-2-5(6(3-4)8(13)14)7-11-12-9(15)16-7/h1-3H,(H,12,15)(H,13,14). The summed E-state index contributed by atoms with van der Waals surface area (Å²) in [4.78, 5) is 10.9. The molecule has 2 N–H and O–H groups in total. The Morgan fingerprint density at radius 1 is 1.56 bits per heavy atom. The Kier molecular flexibility index (Phi) is 2.80. The molecule has 0 aliphatic heterocycles. The first kappa shape index (κ1) is 10.9. The Morgan fingerprint density at radius 3 is 2.88 bits per heavy atom. The van der Waals surface area contributed by atoms with Crippen LogP contribution in [0.5, 0.6) is 0 Å². The lowest BCUT2D eigenvalue weighted by molar-refractivity contribution is 0.0697. The molecule has 0 bridgehead atoms. The minimum Gasteiger partial charge on any atom is -0.478 e. The van der Waals surface area contributed by atoms with E-state index >= 15 is 0 Å². The Morgan fingerprint density at radius 2 is 2.31 bits per heavy atom. The van der Waals surface area contributed by atoms with Crippen molar-refractivity contribution < 1.29 is 14.3 Å². The molecule has 2 rings (SSSR count). The number of aromatic carboxylic acids is 1. The van der Waals surface area contributed by atoms with E-state index in [1.807, 2.05) is 0 Å². The Hall–Kier alpha value is -1.60. The smallest absolute Gasteiger partial charge is 0.336 e. The number of hydrogen-bond donors (Lipinski definition) is 2. The number of carboxylic acids is 1. The average Bonchev–Trinajstić information content (AvgIpc) is 2.64. The first-order valence-electron chi connectivity index (χ1n) is 4.16. The lowest BCUT2D eigenvalue weighted by Crippen LogP contribution is -2.00. The van der Waals surface area contributed by atoms with Gasteiger partial charge in [0.25, 0.3) is 0 Å². The van der Waals surface area contributed by atoms with Crippen LogP contribution in [0.3, 0.4) is 0 Å². The van der Waals surface area contributed by atoms with Crippen molar-refractivity contribution in [2.75, 3.05) is 0 Å². The highest BCUT2D eigenvalue weighted by Crippen LogP contribution is 2.26. The first-order valence-corrected chi connectivity index (χ1v) is 5.39. The van der Waals surface area contributed by atoms with Crippen LogP contribution in [0, 0.1) is 9.77 Å². The van der Waals surface area contributed by atoms with Gasteiger partial charge in [-0.15, -0.1) is 0 Å². The molecule has 0 saturated heterocycles. The molecule has 0 atom stereocenters. The van der Waals surface area contributed by atoms with Crippen molar-refractivity contribution in [2.24, 2.45) is 0 Å². The number of rotatable bonds is 2. The topological polar surface area (TPSA) is 66.0 Å². The normalized spacial score (nSPS) is 10.3. The molecular weight excluding hydrogens is 251 g/mol. The zero-order chi connectivity index (χ0) is 11.7. The van der Waals surface area contributed by atoms with Gasteiger partial charge >= 0.3 is 5.97 Å². The van der Waals surface area contributed by atoms with E-state index in [-0.39, 0.29) is 5.56 Å². The summed E-state index contributed by atoms with van der Waals surface area (Å²) in [5, 5.41) is 15.8. The summed E-state index contributed by atoms with van der Waals surface area (Å²) in [6.45, 7) is 0. The van der Waals surface area contributed by atoms with Crippen molar-refractivity contribution in [1.29, 1.82) is 0 Å². The maximum atomic E-state index is 12.9. The number of carbonyl (C=O) groups is 1. The van der Waals surface area contributed by atoms with E-state index in [9.17, 15) is 9.18 Å². The fourth-order valence-corrected chi connectivity index (χ4v) is 2.15. The third-order valence-electron chi connectivity index (χ3n) is 1.88. The summed E-state index contributed by atoms with van der Waals surface area (Å²) < 4.78 is 13.4. The molecule has 0 saturated carbocycles. The number of nitrogens with one attached hydrogen (secondary N) is 1. The second-order valence-corrected chi connectivity index (χ2v) is 4.58. The molecule has 0 radical (unpaired) electrons. The molecule has 7 heteroatoms. The molecule has 0 unspecified atom stereocenters. The molecule has 0 aliphatic rings. The molecule has 0 fully saturated rings. The van der Waals surface area contributed by atoms with E-state index in [1.54, 1.807) is 0 Å². The van der Waals surface area contributed by atoms with Gasteiger partial charge < -0.3 is 5.11 Å². The van der Waals surface area contributed by atoms with Crippen LogP contribution < -0.4 is 0 Å². The molecule has 4 nitrogen and oxygen atoms in total. The molecule has 2 aromatic rings. The number of aromatic amines is 1. The van der Waals surface area contributed by atoms with Gasteiger partial charge in [0, 0.05) is 5.56 Å². The second kappa shape index (κ2) is 4.11. The lowest BCUT2D eigenvalue weighted by atomic mass is 10.1. The van der Waals surface area contributed by atoms with Crippen molar-refractivity contribution >= 4 is 29.5 Å². The zero-order valence-electron chi connectivity index (χ0n) is 7.73. The van der Waals surface area contributed by atoms with Gasteiger partial charge in [0.1, 0.15) is 10.8 Å². The number of benzene rings is 1. The molecule has 0 amide bonds. The summed E-state index contributed by atoms with van der Waals surface area (Å²) >= 11 is 5.99. The maximum absolute atomic E-state index is 12.9. The van der Waals surface area contributed by atoms with E-state index in [2.05, 4.69) is 10.2 Å². The van der Waals surface area contributed by atoms with Crippen LogP contribution in [0.15, 0.2) is 18.2 Å². The first-order chi connectivity index (χ1) is 7.58. The van der Waals surface area contributed by atoms with Crippen LogP contribution in [0.2, 0.25) is 0 Å².